The molecule has 0 saturated carbocycles. The van der Waals surface area contributed by atoms with Crippen molar-refractivity contribution in [2.75, 3.05) is 13.1 Å². The van der Waals surface area contributed by atoms with Gasteiger partial charge in [0.1, 0.15) is 11.2 Å². The Morgan fingerprint density at radius 2 is 1.95 bits per heavy atom. The van der Waals surface area contributed by atoms with Gasteiger partial charge in [0, 0.05) is 11.3 Å². The maximum absolute atomic E-state index is 4.60. The summed E-state index contributed by atoms with van der Waals surface area (Å²) in [5.41, 5.74) is 4.40. The number of aryl methyl sites for hydroxylation is 2. The third-order valence-corrected chi connectivity index (χ3v) is 5.50. The Labute approximate surface area is 126 Å². The molecule has 0 bridgehead atoms. The Bertz CT molecular complexity index is 820. The number of hydrogen-bond donors (Lipinski definition) is 1. The maximum Gasteiger partial charge on any atom is 0.149 e. The summed E-state index contributed by atoms with van der Waals surface area (Å²) in [5.74, 6) is 0.527. The molecule has 6 heteroatoms. The number of hydrogen-bond acceptors (Lipinski definition) is 6. The highest BCUT2D eigenvalue weighted by Crippen LogP contribution is 2.38. The standard InChI is InChI=1S/C15H17N5S/c1-8-9(2)19-20-15-11(8)13-14(21-15)12(17-7-18-13)10-3-5-16-6-4-10/h7,10,16H,3-6H2,1-2H3. The number of nitrogens with zero attached hydrogens (tertiary/aromatic N) is 4. The van der Waals surface area contributed by atoms with E-state index >= 15 is 0 Å². The van der Waals surface area contributed by atoms with Gasteiger partial charge in [-0.1, -0.05) is 0 Å². The van der Waals surface area contributed by atoms with Crippen LogP contribution in [0.5, 0.6) is 0 Å². The Hall–Kier alpha value is -1.66. The molecule has 1 aliphatic rings. The van der Waals surface area contributed by atoms with Gasteiger partial charge >= 0.3 is 0 Å². The smallest absolute Gasteiger partial charge is 0.149 e. The van der Waals surface area contributed by atoms with E-state index in [9.17, 15) is 0 Å². The molecule has 21 heavy (non-hydrogen) atoms. The fourth-order valence-corrected chi connectivity index (χ4v) is 4.29. The molecule has 108 valence electrons. The molecule has 1 fully saturated rings. The van der Waals surface area contributed by atoms with E-state index < -0.39 is 0 Å². The van der Waals surface area contributed by atoms with Crippen LogP contribution in [0.4, 0.5) is 0 Å². The lowest BCUT2D eigenvalue weighted by Gasteiger charge is -2.22. The second kappa shape index (κ2) is 4.96. The summed E-state index contributed by atoms with van der Waals surface area (Å²) in [6.45, 7) is 6.24. The van der Waals surface area contributed by atoms with Gasteiger partial charge in [-0.2, -0.15) is 5.10 Å². The van der Waals surface area contributed by atoms with Crippen LogP contribution in [-0.2, 0) is 0 Å². The van der Waals surface area contributed by atoms with Gasteiger partial charge in [-0.15, -0.1) is 16.4 Å². The van der Waals surface area contributed by atoms with Gasteiger partial charge in [-0.3, -0.25) is 0 Å². The van der Waals surface area contributed by atoms with Crippen LogP contribution in [-0.4, -0.2) is 33.3 Å². The molecule has 4 rings (SSSR count). The van der Waals surface area contributed by atoms with Crippen LogP contribution in [0, 0.1) is 13.8 Å². The van der Waals surface area contributed by atoms with Gasteiger partial charge in [0.2, 0.25) is 0 Å². The Morgan fingerprint density at radius 1 is 1.14 bits per heavy atom. The van der Waals surface area contributed by atoms with Crippen molar-refractivity contribution >= 4 is 31.8 Å². The van der Waals surface area contributed by atoms with Crippen molar-refractivity contribution in [2.24, 2.45) is 0 Å². The number of piperidine rings is 1. The van der Waals surface area contributed by atoms with E-state index in [2.05, 4.69) is 32.4 Å². The highest BCUT2D eigenvalue weighted by molar-refractivity contribution is 7.25. The molecule has 0 aromatic carbocycles. The van der Waals surface area contributed by atoms with E-state index in [1.54, 1.807) is 17.7 Å². The Morgan fingerprint density at radius 3 is 2.76 bits per heavy atom. The van der Waals surface area contributed by atoms with Crippen molar-refractivity contribution in [2.45, 2.75) is 32.6 Å². The van der Waals surface area contributed by atoms with Crippen molar-refractivity contribution in [3.8, 4) is 0 Å². The number of nitrogens with one attached hydrogen (secondary N) is 1. The topological polar surface area (TPSA) is 63.6 Å². The molecule has 0 spiro atoms. The molecular formula is C15H17N5S. The zero-order valence-corrected chi connectivity index (χ0v) is 13.0. The number of fused-ring (bicyclic) bond motifs is 3. The van der Waals surface area contributed by atoms with Gasteiger partial charge in [0.05, 0.1) is 21.6 Å². The molecule has 0 aliphatic carbocycles. The molecule has 1 N–H and O–H groups in total. The molecule has 0 atom stereocenters. The minimum atomic E-state index is 0.527. The van der Waals surface area contributed by atoms with E-state index in [0.717, 1.165) is 47.4 Å². The number of thiophene rings is 1. The van der Waals surface area contributed by atoms with Crippen molar-refractivity contribution in [3.63, 3.8) is 0 Å². The summed E-state index contributed by atoms with van der Waals surface area (Å²) < 4.78 is 1.20. The van der Waals surface area contributed by atoms with Crippen molar-refractivity contribution < 1.29 is 0 Å². The lowest BCUT2D eigenvalue weighted by molar-refractivity contribution is 0.455. The highest BCUT2D eigenvalue weighted by atomic mass is 32.1. The fourth-order valence-electron chi connectivity index (χ4n) is 3.09. The summed E-state index contributed by atoms with van der Waals surface area (Å²) in [6, 6.07) is 0. The first-order valence-electron chi connectivity index (χ1n) is 7.33. The van der Waals surface area contributed by atoms with E-state index in [1.807, 2.05) is 6.92 Å². The first-order chi connectivity index (χ1) is 10.3. The average Bonchev–Trinajstić information content (AvgIpc) is 2.91. The molecule has 5 nitrogen and oxygen atoms in total. The molecule has 1 aliphatic heterocycles. The summed E-state index contributed by atoms with van der Waals surface area (Å²) >= 11 is 1.69. The minimum Gasteiger partial charge on any atom is -0.317 e. The first-order valence-corrected chi connectivity index (χ1v) is 8.15. The van der Waals surface area contributed by atoms with Crippen molar-refractivity contribution in [1.29, 1.82) is 0 Å². The van der Waals surface area contributed by atoms with Crippen LogP contribution >= 0.6 is 11.3 Å². The van der Waals surface area contributed by atoms with Crippen LogP contribution in [0.3, 0.4) is 0 Å². The SMILES string of the molecule is Cc1nnc2sc3c(C4CCNCC4)ncnc3c2c1C. The highest BCUT2D eigenvalue weighted by Gasteiger charge is 2.22. The Balaban J connectivity index is 1.99. The third-order valence-electron chi connectivity index (χ3n) is 4.42. The maximum atomic E-state index is 4.60. The van der Waals surface area contributed by atoms with Crippen LogP contribution < -0.4 is 5.32 Å². The van der Waals surface area contributed by atoms with E-state index in [4.69, 9.17) is 0 Å². The summed E-state index contributed by atoms with van der Waals surface area (Å²) in [5, 5.41) is 13.2. The van der Waals surface area contributed by atoms with E-state index in [0.29, 0.717) is 5.92 Å². The third kappa shape index (κ3) is 2.01. The van der Waals surface area contributed by atoms with Gasteiger partial charge in [0.15, 0.2) is 0 Å². The molecular weight excluding hydrogens is 282 g/mol. The molecule has 3 aromatic heterocycles. The zero-order chi connectivity index (χ0) is 14.4. The van der Waals surface area contributed by atoms with Gasteiger partial charge in [0.25, 0.3) is 0 Å². The average molecular weight is 299 g/mol. The van der Waals surface area contributed by atoms with Gasteiger partial charge in [-0.05, 0) is 45.3 Å². The molecule has 4 heterocycles. The predicted molar refractivity (Wildman–Crippen MR) is 84.8 cm³/mol. The predicted octanol–water partition coefficient (Wildman–Crippen LogP) is 2.72. The zero-order valence-electron chi connectivity index (χ0n) is 12.2. The van der Waals surface area contributed by atoms with Crippen LogP contribution in [0.1, 0.15) is 35.7 Å². The fraction of sp³-hybridized carbons (Fsp3) is 0.467. The van der Waals surface area contributed by atoms with Gasteiger partial charge in [-0.25, -0.2) is 9.97 Å². The summed E-state index contributed by atoms with van der Waals surface area (Å²) in [6.07, 6.45) is 4.00. The summed E-state index contributed by atoms with van der Waals surface area (Å²) in [7, 11) is 0. The quantitative estimate of drug-likeness (QED) is 0.748. The van der Waals surface area contributed by atoms with Crippen LogP contribution in [0.25, 0.3) is 20.4 Å². The van der Waals surface area contributed by atoms with Crippen LogP contribution in [0.15, 0.2) is 6.33 Å². The minimum absolute atomic E-state index is 0.527. The second-order valence-corrected chi connectivity index (χ2v) is 6.65. The van der Waals surface area contributed by atoms with E-state index in [1.165, 1.54) is 16.0 Å². The van der Waals surface area contributed by atoms with Gasteiger partial charge < -0.3 is 5.32 Å². The largest absolute Gasteiger partial charge is 0.317 e. The first kappa shape index (κ1) is 13.0. The van der Waals surface area contributed by atoms with E-state index in [-0.39, 0.29) is 0 Å². The number of rotatable bonds is 1. The monoisotopic (exact) mass is 299 g/mol. The molecule has 0 radical (unpaired) electrons. The normalized spacial score (nSPS) is 16.9. The summed E-state index contributed by atoms with van der Waals surface area (Å²) in [4.78, 5) is 10.1. The molecule has 3 aromatic rings. The molecule has 1 saturated heterocycles. The lowest BCUT2D eigenvalue weighted by atomic mass is 9.94. The molecule has 0 unspecified atom stereocenters. The van der Waals surface area contributed by atoms with Crippen molar-refractivity contribution in [1.82, 2.24) is 25.5 Å². The Kier molecular flexibility index (Phi) is 3.08. The van der Waals surface area contributed by atoms with Crippen LogP contribution in [0.2, 0.25) is 0 Å². The van der Waals surface area contributed by atoms with Crippen molar-refractivity contribution in [3.05, 3.63) is 23.3 Å². The second-order valence-electron chi connectivity index (χ2n) is 5.65. The molecule has 0 amide bonds. The number of aromatic nitrogens is 4. The lowest BCUT2D eigenvalue weighted by Crippen LogP contribution is -2.27.